The second-order valence-electron chi connectivity index (χ2n) is 9.18. The van der Waals surface area contributed by atoms with Crippen LogP contribution in [0.5, 0.6) is 0 Å². The Bertz CT molecular complexity index is 862. The van der Waals surface area contributed by atoms with Gasteiger partial charge in [-0.25, -0.2) is 4.67 Å². The van der Waals surface area contributed by atoms with Gasteiger partial charge >= 0.3 is 7.60 Å². The Kier molecular flexibility index (Phi) is 22.4. The number of nitrogens with zero attached hydrogens (tertiary/aromatic N) is 3. The molecule has 15 nitrogen and oxygen atoms in total. The highest BCUT2D eigenvalue weighted by Gasteiger charge is 2.48. The third-order valence-electron chi connectivity index (χ3n) is 5.44. The van der Waals surface area contributed by atoms with Gasteiger partial charge in [0.15, 0.2) is 6.35 Å². The molecule has 2 radical (unpaired) electrons. The number of hydrogen-bond acceptors (Lipinski definition) is 14. The van der Waals surface area contributed by atoms with Crippen molar-refractivity contribution in [1.29, 1.82) is 5.26 Å². The lowest BCUT2D eigenvalue weighted by Gasteiger charge is -2.38. The molecule has 0 spiro atoms. The maximum absolute atomic E-state index is 12.4. The third kappa shape index (κ3) is 14.9. The van der Waals surface area contributed by atoms with E-state index in [1.165, 1.54) is 17.3 Å². The average Bonchev–Trinajstić information content (AvgIpc) is 3.28. The number of carbonyl (C=O) groups is 2. The summed E-state index contributed by atoms with van der Waals surface area (Å²) in [7, 11) is 5.06. The monoisotopic (exact) mass is 637 g/mol. The van der Waals surface area contributed by atoms with E-state index in [2.05, 4.69) is 53.5 Å². The van der Waals surface area contributed by atoms with Crippen molar-refractivity contribution < 1.29 is 46.5 Å². The molecule has 6 atom stereocenters. The highest BCUT2D eigenvalue weighted by molar-refractivity contribution is 7.54. The zero-order valence-electron chi connectivity index (χ0n) is 25.7. The maximum atomic E-state index is 12.4. The second kappa shape index (κ2) is 23.1. The van der Waals surface area contributed by atoms with Crippen molar-refractivity contribution >= 4 is 36.9 Å². The summed E-state index contributed by atoms with van der Waals surface area (Å²) in [5.41, 5.74) is 0. The van der Waals surface area contributed by atoms with Gasteiger partial charge in [0.05, 0.1) is 32.2 Å². The molecule has 1 amide bonds. The lowest BCUT2D eigenvalue weighted by atomic mass is 10.1. The Labute approximate surface area is 252 Å². The maximum Gasteiger partial charge on any atom is 0.343 e. The fraction of sp³-hybridized carbons (Fsp3) is 0.792. The molecule has 1 rings (SSSR count). The van der Waals surface area contributed by atoms with Gasteiger partial charge in [0.1, 0.15) is 30.8 Å². The Morgan fingerprint density at radius 2 is 1.88 bits per heavy atom. The molecular weight excluding hydrogens is 591 g/mol. The number of aldehydes is 1. The first-order chi connectivity index (χ1) is 20.0. The molecule has 0 saturated carbocycles. The van der Waals surface area contributed by atoms with Crippen LogP contribution in [-0.4, -0.2) is 114 Å². The summed E-state index contributed by atoms with van der Waals surface area (Å²) in [4.78, 5) is 24.4. The van der Waals surface area contributed by atoms with E-state index in [1.54, 1.807) is 28.1 Å². The molecular formula is C24H46BN5O10P2. The van der Waals surface area contributed by atoms with Crippen molar-refractivity contribution in [2.75, 3.05) is 47.3 Å². The fourth-order valence-electron chi connectivity index (χ4n) is 3.79. The first-order valence-corrected chi connectivity index (χ1v) is 16.2. The summed E-state index contributed by atoms with van der Waals surface area (Å²) in [6, 6.07) is 2.38. The Balaban J connectivity index is 0.00000212. The summed E-state index contributed by atoms with van der Waals surface area (Å²) in [5, 5.41) is 15.7. The van der Waals surface area contributed by atoms with Crippen LogP contribution in [0.4, 0.5) is 0 Å². The van der Waals surface area contributed by atoms with Gasteiger partial charge in [-0.1, -0.05) is 0 Å². The van der Waals surface area contributed by atoms with Crippen LogP contribution in [-0.2, 0) is 46.5 Å². The van der Waals surface area contributed by atoms with Crippen LogP contribution in [0.1, 0.15) is 41.0 Å². The molecule has 6 unspecified atom stereocenters. The predicted octanol–water partition coefficient (Wildman–Crippen LogP) is 2.20. The van der Waals surface area contributed by atoms with Crippen LogP contribution in [0.15, 0.2) is 12.3 Å². The zero-order valence-corrected chi connectivity index (χ0v) is 27.5. The van der Waals surface area contributed by atoms with Gasteiger partial charge in [0, 0.05) is 32.4 Å². The van der Waals surface area contributed by atoms with Gasteiger partial charge in [-0.2, -0.15) is 10.3 Å². The molecule has 0 aromatic heterocycles. The highest BCUT2D eigenvalue weighted by atomic mass is 31.2. The molecule has 0 bridgehead atoms. The molecule has 240 valence electrons. The molecule has 42 heavy (non-hydrogen) atoms. The van der Waals surface area contributed by atoms with E-state index in [4.69, 9.17) is 41.2 Å². The van der Waals surface area contributed by atoms with Crippen LogP contribution in [0.3, 0.4) is 0 Å². The van der Waals surface area contributed by atoms with Crippen molar-refractivity contribution in [3.63, 3.8) is 0 Å². The molecule has 18 heteroatoms. The van der Waals surface area contributed by atoms with Gasteiger partial charge in [-0.3, -0.25) is 24.3 Å². The predicted molar refractivity (Wildman–Crippen MR) is 158 cm³/mol. The van der Waals surface area contributed by atoms with Gasteiger partial charge in [0.25, 0.3) is 16.6 Å². The van der Waals surface area contributed by atoms with Crippen LogP contribution in [0.25, 0.3) is 0 Å². The summed E-state index contributed by atoms with van der Waals surface area (Å²) in [5.74, 6) is 0. The van der Waals surface area contributed by atoms with Crippen LogP contribution in [0, 0.1) is 11.3 Å². The molecule has 1 saturated heterocycles. The number of nitrogens with one attached hydrogen (secondary N) is 2. The Morgan fingerprint density at radius 3 is 2.36 bits per heavy atom. The SMILES string of the molecule is O=C/C=C\NC=O.[B]OP(=O)(CON(C)CC1OC(NC)C(OC)C1OP(OCCC#N)N(C(C)C)C(C)C)OCC. The Morgan fingerprint density at radius 1 is 1.21 bits per heavy atom. The van der Waals surface area contributed by atoms with Gasteiger partial charge in [-0.05, 0) is 47.7 Å². The number of ether oxygens (including phenoxy) is 2. The topological polar surface area (TPSA) is 170 Å². The smallest absolute Gasteiger partial charge is 0.343 e. The van der Waals surface area contributed by atoms with E-state index in [-0.39, 0.29) is 44.6 Å². The van der Waals surface area contributed by atoms with E-state index in [1.807, 2.05) is 0 Å². The number of carbonyl (C=O) groups excluding carboxylic acids is 2. The minimum atomic E-state index is -3.57. The van der Waals surface area contributed by atoms with Crippen LogP contribution in [0.2, 0.25) is 0 Å². The molecule has 1 aliphatic rings. The van der Waals surface area contributed by atoms with Crippen molar-refractivity contribution in [3.05, 3.63) is 12.3 Å². The minimum absolute atomic E-state index is 0.139. The quantitative estimate of drug-likeness (QED) is 0.0469. The van der Waals surface area contributed by atoms with E-state index < -0.39 is 40.7 Å². The van der Waals surface area contributed by atoms with Crippen LogP contribution >= 0.6 is 16.1 Å². The number of hydroxylamine groups is 2. The zero-order chi connectivity index (χ0) is 32.1. The number of nitriles is 1. The van der Waals surface area contributed by atoms with Gasteiger partial charge in [-0.15, -0.1) is 0 Å². The number of methoxy groups -OCH3 is 1. The fourth-order valence-corrected chi connectivity index (χ4v) is 6.49. The Hall–Kier alpha value is -1.31. The normalized spacial score (nSPS) is 22.6. The van der Waals surface area contributed by atoms with Crippen molar-refractivity contribution in [3.8, 4) is 6.07 Å². The largest absolute Gasteiger partial charge is 0.381 e. The molecule has 0 aliphatic carbocycles. The van der Waals surface area contributed by atoms with Crippen LogP contribution < -0.4 is 10.6 Å². The van der Waals surface area contributed by atoms with E-state index in [0.29, 0.717) is 12.7 Å². The van der Waals surface area contributed by atoms with Crippen molar-refractivity contribution in [2.45, 2.75) is 77.7 Å². The minimum Gasteiger partial charge on any atom is -0.381 e. The summed E-state index contributed by atoms with van der Waals surface area (Å²) in [6.07, 6.45) is 1.51. The number of allylic oxidation sites excluding steroid dienone is 1. The highest BCUT2D eigenvalue weighted by Crippen LogP contribution is 2.50. The summed E-state index contributed by atoms with van der Waals surface area (Å²) >= 11 is 0. The molecule has 2 N–H and O–H groups in total. The first-order valence-electron chi connectivity index (χ1n) is 13.4. The number of rotatable bonds is 21. The number of likely N-dealkylation sites (N-methyl/N-ethyl adjacent to an activating group) is 2. The average molecular weight is 637 g/mol. The number of amides is 1. The van der Waals surface area contributed by atoms with E-state index >= 15 is 0 Å². The van der Waals surface area contributed by atoms with Crippen molar-refractivity contribution in [2.24, 2.45) is 0 Å². The third-order valence-corrected chi connectivity index (χ3v) is 8.97. The summed E-state index contributed by atoms with van der Waals surface area (Å²) in [6.45, 7) is 10.6. The number of hydrogen-bond donors (Lipinski definition) is 2. The second-order valence-corrected chi connectivity index (χ2v) is 12.5. The first kappa shape index (κ1) is 40.7. The standard InChI is InChI=1S/C20H41BN4O8P2.C4H5NO2/c1-9-30-35(26,33-21)14-28-24(7)13-17-18(19(27-8)20(23-6)31-17)32-34(29-12-10-11-22)25(15(2)3)16(4)5;6-3-1-2-5-4-7/h15-20,23H,9-10,12-14H2,1-8H3;1-4H,(H,5,7)/b;2-1-. The lowest BCUT2D eigenvalue weighted by Crippen LogP contribution is -2.44. The molecule has 0 aromatic rings. The molecule has 1 fully saturated rings. The molecule has 0 aromatic carbocycles. The summed E-state index contributed by atoms with van der Waals surface area (Å²) < 4.78 is 48.7. The van der Waals surface area contributed by atoms with Gasteiger partial charge in [0.2, 0.25) is 6.41 Å². The molecule has 1 heterocycles. The van der Waals surface area contributed by atoms with Crippen molar-refractivity contribution in [1.82, 2.24) is 20.4 Å². The molecule has 1 aliphatic heterocycles. The van der Waals surface area contributed by atoms with E-state index in [9.17, 15) is 14.2 Å². The van der Waals surface area contributed by atoms with E-state index in [0.717, 1.165) is 0 Å². The lowest BCUT2D eigenvalue weighted by molar-refractivity contribution is -0.153. The van der Waals surface area contributed by atoms with Gasteiger partial charge < -0.3 is 32.8 Å².